The summed E-state index contributed by atoms with van der Waals surface area (Å²) < 4.78 is 0. The van der Waals surface area contributed by atoms with Crippen LogP contribution in [-0.2, 0) is 0 Å². The predicted octanol–water partition coefficient (Wildman–Crippen LogP) is 8.82. The van der Waals surface area contributed by atoms with Crippen molar-refractivity contribution in [3.05, 3.63) is 181 Å². The lowest BCUT2D eigenvalue weighted by atomic mass is 9.85. The zero-order chi connectivity index (χ0) is 25.6. The van der Waals surface area contributed by atoms with Gasteiger partial charge in [-0.2, -0.15) is 0 Å². The van der Waals surface area contributed by atoms with Crippen molar-refractivity contribution in [3.8, 4) is 22.3 Å². The Labute approximate surface area is 223 Å². The third-order valence-corrected chi connectivity index (χ3v) is 6.75. The minimum atomic E-state index is 1.16. The molecule has 6 aromatic rings. The molecule has 0 amide bonds. The van der Waals surface area contributed by atoms with Crippen LogP contribution in [0.4, 0.5) is 0 Å². The first-order valence-electron chi connectivity index (χ1n) is 12.7. The molecule has 0 fully saturated rings. The molecule has 0 N–H and O–H groups in total. The number of hydrogen-bond acceptors (Lipinski definition) is 2. The van der Waals surface area contributed by atoms with Crippen LogP contribution in [-0.4, -0.2) is 9.97 Å². The summed E-state index contributed by atoms with van der Waals surface area (Å²) >= 11 is 0. The Hall–Kier alpha value is -5.08. The van der Waals surface area contributed by atoms with Gasteiger partial charge in [-0.15, -0.1) is 0 Å². The van der Waals surface area contributed by atoms with Gasteiger partial charge >= 0.3 is 0 Å². The molecule has 0 bridgehead atoms. The van der Waals surface area contributed by atoms with Crippen molar-refractivity contribution in [3.63, 3.8) is 0 Å². The summed E-state index contributed by atoms with van der Waals surface area (Å²) in [7, 11) is 0. The average Bonchev–Trinajstić information content (AvgIpc) is 3.02. The summed E-state index contributed by atoms with van der Waals surface area (Å²) in [4.78, 5) is 8.32. The summed E-state index contributed by atoms with van der Waals surface area (Å²) in [5.74, 6) is 0. The number of benzene rings is 4. The fourth-order valence-electron chi connectivity index (χ4n) is 4.87. The van der Waals surface area contributed by atoms with E-state index in [1.54, 1.807) is 0 Å². The predicted molar refractivity (Wildman–Crippen MR) is 157 cm³/mol. The summed E-state index contributed by atoms with van der Waals surface area (Å²) in [5, 5.41) is 0. The molecule has 0 atom stereocenters. The van der Waals surface area contributed by atoms with Gasteiger partial charge in [0.15, 0.2) is 0 Å². The van der Waals surface area contributed by atoms with Crippen LogP contribution in [0.5, 0.6) is 0 Å². The molecule has 2 heteroatoms. The molecule has 0 spiro atoms. The summed E-state index contributed by atoms with van der Waals surface area (Å²) in [6.07, 6.45) is 7.34. The molecule has 6 rings (SSSR count). The Kier molecular flexibility index (Phi) is 6.69. The maximum Gasteiger partial charge on any atom is 0.0273 e. The van der Waals surface area contributed by atoms with Gasteiger partial charge < -0.3 is 0 Å². The average molecular weight is 487 g/mol. The van der Waals surface area contributed by atoms with Gasteiger partial charge in [0.25, 0.3) is 0 Å². The molecule has 2 aromatic heterocycles. The van der Waals surface area contributed by atoms with Crippen LogP contribution in [0.15, 0.2) is 158 Å². The molecule has 2 nitrogen and oxygen atoms in total. The van der Waals surface area contributed by atoms with Crippen LogP contribution in [0, 0.1) is 0 Å². The summed E-state index contributed by atoms with van der Waals surface area (Å²) in [5.41, 5.74) is 11.8. The molecule has 2 heterocycles. The fraction of sp³-hybridized carbons (Fsp3) is 0. The third kappa shape index (κ3) is 4.93. The summed E-state index contributed by atoms with van der Waals surface area (Å²) in [6.45, 7) is 0. The van der Waals surface area contributed by atoms with Gasteiger partial charge in [-0.1, -0.05) is 109 Å². The number of rotatable bonds is 6. The van der Waals surface area contributed by atoms with E-state index in [1.807, 2.05) is 49.1 Å². The van der Waals surface area contributed by atoms with Gasteiger partial charge in [0.1, 0.15) is 0 Å². The molecule has 0 saturated heterocycles. The van der Waals surface area contributed by atoms with Crippen molar-refractivity contribution in [2.24, 2.45) is 0 Å². The van der Waals surface area contributed by atoms with Crippen LogP contribution in [0.2, 0.25) is 0 Å². The van der Waals surface area contributed by atoms with Gasteiger partial charge in [-0.3, -0.25) is 9.97 Å². The molecule has 0 saturated carbocycles. The molecule has 38 heavy (non-hydrogen) atoms. The van der Waals surface area contributed by atoms with E-state index in [0.717, 1.165) is 11.1 Å². The van der Waals surface area contributed by atoms with E-state index >= 15 is 0 Å². The van der Waals surface area contributed by atoms with Crippen LogP contribution in [0.25, 0.3) is 33.4 Å². The Morgan fingerprint density at radius 1 is 0.289 bits per heavy atom. The molecular weight excluding hydrogens is 460 g/mol. The lowest BCUT2D eigenvalue weighted by Crippen LogP contribution is -1.97. The van der Waals surface area contributed by atoms with E-state index in [4.69, 9.17) is 0 Å². The molecule has 0 aliphatic carbocycles. The van der Waals surface area contributed by atoms with Crippen molar-refractivity contribution >= 4 is 11.1 Å². The smallest absolute Gasteiger partial charge is 0.0273 e. The van der Waals surface area contributed by atoms with E-state index in [9.17, 15) is 0 Å². The Balaban J connectivity index is 1.55. The van der Waals surface area contributed by atoms with E-state index in [0.29, 0.717) is 0 Å². The third-order valence-electron chi connectivity index (χ3n) is 6.75. The largest absolute Gasteiger partial charge is 0.265 e. The normalized spacial score (nSPS) is 11.6. The SMILES string of the molecule is c1ccc(C(=C(c2ccccc2)c2ccc(-c3ccncc3)cc2)c2ccc(-c3ccncc3)cc2)cc1. The van der Waals surface area contributed by atoms with Crippen molar-refractivity contribution in [2.45, 2.75) is 0 Å². The van der Waals surface area contributed by atoms with E-state index in [-0.39, 0.29) is 0 Å². The topological polar surface area (TPSA) is 25.8 Å². The first-order valence-corrected chi connectivity index (χ1v) is 12.7. The quantitative estimate of drug-likeness (QED) is 0.220. The highest BCUT2D eigenvalue weighted by Crippen LogP contribution is 2.38. The van der Waals surface area contributed by atoms with Crippen molar-refractivity contribution in [1.82, 2.24) is 9.97 Å². The van der Waals surface area contributed by atoms with Gasteiger partial charge in [0.05, 0.1) is 0 Å². The van der Waals surface area contributed by atoms with E-state index in [1.165, 1.54) is 44.5 Å². The number of nitrogens with zero attached hydrogens (tertiary/aromatic N) is 2. The highest BCUT2D eigenvalue weighted by Gasteiger charge is 2.16. The highest BCUT2D eigenvalue weighted by atomic mass is 14.6. The first-order chi connectivity index (χ1) is 18.9. The van der Waals surface area contributed by atoms with Gasteiger partial charge in [-0.05, 0) is 79.9 Å². The number of pyridine rings is 2. The summed E-state index contributed by atoms with van der Waals surface area (Å²) in [6, 6.07) is 47.2. The Morgan fingerprint density at radius 3 is 0.921 bits per heavy atom. The molecule has 0 aliphatic rings. The monoisotopic (exact) mass is 486 g/mol. The lowest BCUT2D eigenvalue weighted by Gasteiger charge is -2.19. The zero-order valence-corrected chi connectivity index (χ0v) is 20.9. The second-order valence-corrected chi connectivity index (χ2v) is 9.11. The Bertz CT molecular complexity index is 1510. The van der Waals surface area contributed by atoms with E-state index in [2.05, 4.69) is 119 Å². The molecule has 0 radical (unpaired) electrons. The zero-order valence-electron chi connectivity index (χ0n) is 20.9. The lowest BCUT2D eigenvalue weighted by molar-refractivity contribution is 1.33. The van der Waals surface area contributed by atoms with Crippen LogP contribution >= 0.6 is 0 Å². The molecule has 0 unspecified atom stereocenters. The molecule has 180 valence electrons. The second kappa shape index (κ2) is 10.9. The fourth-order valence-corrected chi connectivity index (χ4v) is 4.87. The van der Waals surface area contributed by atoms with Gasteiger partial charge in [0, 0.05) is 24.8 Å². The second-order valence-electron chi connectivity index (χ2n) is 9.11. The minimum Gasteiger partial charge on any atom is -0.265 e. The maximum atomic E-state index is 4.16. The maximum absolute atomic E-state index is 4.16. The van der Waals surface area contributed by atoms with Crippen LogP contribution in [0.3, 0.4) is 0 Å². The minimum absolute atomic E-state index is 1.16. The Morgan fingerprint density at radius 2 is 0.579 bits per heavy atom. The standard InChI is InChI=1S/C36H26N2/c1-3-7-31(8-4-1)35(33-15-11-27(12-16-33)29-19-23-37-24-20-29)36(32-9-5-2-6-10-32)34-17-13-28(14-18-34)30-21-25-38-26-22-30/h1-26H. The van der Waals surface area contributed by atoms with E-state index < -0.39 is 0 Å². The van der Waals surface area contributed by atoms with Crippen LogP contribution in [0.1, 0.15) is 22.3 Å². The van der Waals surface area contributed by atoms with Gasteiger partial charge in [-0.25, -0.2) is 0 Å². The molecule has 4 aromatic carbocycles. The van der Waals surface area contributed by atoms with Crippen molar-refractivity contribution in [1.29, 1.82) is 0 Å². The first kappa shape index (κ1) is 23.3. The van der Waals surface area contributed by atoms with Gasteiger partial charge in [0.2, 0.25) is 0 Å². The van der Waals surface area contributed by atoms with Crippen molar-refractivity contribution < 1.29 is 0 Å². The number of hydrogen-bond donors (Lipinski definition) is 0. The highest BCUT2D eigenvalue weighted by molar-refractivity contribution is 6.04. The van der Waals surface area contributed by atoms with Crippen LogP contribution < -0.4 is 0 Å². The number of aromatic nitrogens is 2. The molecule has 0 aliphatic heterocycles. The van der Waals surface area contributed by atoms with Crippen molar-refractivity contribution in [2.75, 3.05) is 0 Å². The molecular formula is C36H26N2.